The topological polar surface area (TPSA) is 107 Å². The fraction of sp³-hybridized carbons (Fsp3) is 0.400. The second-order valence-corrected chi connectivity index (χ2v) is 15.2. The minimum atomic E-state index is -1.46. The molecule has 2 aliphatic heterocycles. The van der Waals surface area contributed by atoms with Gasteiger partial charge in [0.2, 0.25) is 11.8 Å². The van der Waals surface area contributed by atoms with Crippen LogP contribution in [0.25, 0.3) is 0 Å². The Morgan fingerprint density at radius 2 is 1.52 bits per heavy atom. The summed E-state index contributed by atoms with van der Waals surface area (Å²) in [6.45, 7) is 3.60. The zero-order valence-corrected chi connectivity index (χ0v) is 28.8. The number of nitrogens with zero attached hydrogens (tertiary/aromatic N) is 2. The lowest BCUT2D eigenvalue weighted by molar-refractivity contribution is -0.144. The number of aryl methyl sites for hydroxylation is 2. The van der Waals surface area contributed by atoms with Crippen LogP contribution in [0.1, 0.15) is 73.1 Å². The number of hydrogen-bond donors (Lipinski definition) is 2. The summed E-state index contributed by atoms with van der Waals surface area (Å²) < 4.78 is 13.9. The Morgan fingerprint density at radius 1 is 0.860 bits per heavy atom. The summed E-state index contributed by atoms with van der Waals surface area (Å²) in [7, 11) is 0. The number of carbonyl (C=O) groups is 4. The number of phenols is 1. The molecule has 3 aromatic rings. The summed E-state index contributed by atoms with van der Waals surface area (Å²) in [4.78, 5) is 60.1. The first kappa shape index (κ1) is 32.7. The predicted octanol–water partition coefficient (Wildman–Crippen LogP) is 7.12. The molecule has 0 unspecified atom stereocenters. The molecule has 3 aromatic carbocycles. The minimum absolute atomic E-state index is 0.113. The number of likely N-dealkylation sites (tertiary alicyclic amines) is 1. The number of nitrogens with one attached hydrogen (secondary N) is 1. The average Bonchev–Trinajstić information content (AvgIpc) is 3.49. The molecule has 2 N–H and O–H groups in total. The van der Waals surface area contributed by atoms with Crippen molar-refractivity contribution in [3.8, 4) is 5.75 Å². The third kappa shape index (κ3) is 4.76. The van der Waals surface area contributed by atoms with Gasteiger partial charge in [-0.3, -0.25) is 29.5 Å². The minimum Gasteiger partial charge on any atom is -0.507 e. The number of allylic oxidation sites excluding steroid dienone is 2. The first-order valence-corrected chi connectivity index (χ1v) is 17.9. The van der Waals surface area contributed by atoms with Crippen LogP contribution in [0.3, 0.4) is 0 Å². The van der Waals surface area contributed by atoms with E-state index in [1.165, 1.54) is 24.3 Å². The number of aromatic hydroxyl groups is 1. The summed E-state index contributed by atoms with van der Waals surface area (Å²) in [6.07, 6.45) is 7.24. The van der Waals surface area contributed by atoms with E-state index >= 15 is 4.79 Å². The average molecular weight is 696 g/mol. The van der Waals surface area contributed by atoms with Gasteiger partial charge in [0, 0.05) is 17.0 Å². The molecule has 2 heterocycles. The van der Waals surface area contributed by atoms with E-state index < -0.39 is 52.6 Å². The lowest BCUT2D eigenvalue weighted by Crippen LogP contribution is -2.53. The van der Waals surface area contributed by atoms with Gasteiger partial charge in [-0.2, -0.15) is 5.01 Å². The maximum Gasteiger partial charge on any atom is 0.260 e. The number of rotatable bonds is 5. The molecule has 4 amide bonds. The Labute approximate surface area is 295 Å². The molecule has 258 valence electrons. The number of imide groups is 2. The summed E-state index contributed by atoms with van der Waals surface area (Å²) in [5, 5.41) is 12.4. The van der Waals surface area contributed by atoms with E-state index in [1.54, 1.807) is 43.0 Å². The largest absolute Gasteiger partial charge is 0.507 e. The van der Waals surface area contributed by atoms with Crippen LogP contribution in [0.5, 0.6) is 5.75 Å². The van der Waals surface area contributed by atoms with Crippen LogP contribution >= 0.6 is 11.6 Å². The van der Waals surface area contributed by atoms with E-state index in [4.69, 9.17) is 11.6 Å². The Kier molecular flexibility index (Phi) is 7.90. The van der Waals surface area contributed by atoms with Crippen molar-refractivity contribution in [3.63, 3.8) is 0 Å². The molecule has 8 nitrogen and oxygen atoms in total. The number of anilines is 1. The zero-order valence-electron chi connectivity index (χ0n) is 28.0. The van der Waals surface area contributed by atoms with E-state index in [1.807, 2.05) is 18.2 Å². The van der Waals surface area contributed by atoms with Crippen LogP contribution in [-0.2, 0) is 24.6 Å². The molecule has 4 fully saturated rings. The monoisotopic (exact) mass is 695 g/mol. The fourth-order valence-electron chi connectivity index (χ4n) is 9.91. The van der Waals surface area contributed by atoms with Crippen molar-refractivity contribution < 1.29 is 28.7 Å². The normalized spacial score (nSPS) is 29.5. The molecular formula is C40H39ClFN3O5. The quantitative estimate of drug-likeness (QED) is 0.218. The lowest BCUT2D eigenvalue weighted by Gasteiger charge is -2.50. The molecular weight excluding hydrogens is 657 g/mol. The van der Waals surface area contributed by atoms with Gasteiger partial charge in [0.25, 0.3) is 11.8 Å². The number of fused-ring (bicyclic) bond motifs is 4. The highest BCUT2D eigenvalue weighted by Crippen LogP contribution is 2.64. The standard InChI is InChI=1S/C40H39ClFN3O5/c1-21-18-23(19-22(2)35(21)46)34-29-16-17-30-33(38(49)44(36(30)47)28-6-4-3-5-7-28)31(29)20-32-37(48)45(43-27-14-12-26(42)13-15-27)39(50)40(32,34)24-8-10-25(41)11-9-24/h8-16,18-19,28,30-34,43,46H,3-7,17,20H2,1-2H3/t30-,31+,32-,33-,34-,40+/m0/s1. The van der Waals surface area contributed by atoms with Crippen LogP contribution in [0.4, 0.5) is 10.1 Å². The van der Waals surface area contributed by atoms with Crippen molar-refractivity contribution in [2.24, 2.45) is 23.7 Å². The van der Waals surface area contributed by atoms with Crippen molar-refractivity contribution in [2.45, 2.75) is 76.2 Å². The number of hydrazine groups is 1. The molecule has 0 radical (unpaired) electrons. The van der Waals surface area contributed by atoms with Gasteiger partial charge in [0.15, 0.2) is 0 Å². The van der Waals surface area contributed by atoms with E-state index in [0.717, 1.165) is 48.2 Å². The molecule has 0 bridgehead atoms. The highest BCUT2D eigenvalue weighted by molar-refractivity contribution is 6.30. The van der Waals surface area contributed by atoms with E-state index in [2.05, 4.69) is 5.43 Å². The molecule has 0 spiro atoms. The number of halogens is 2. The number of benzene rings is 3. The van der Waals surface area contributed by atoms with Gasteiger partial charge in [0.1, 0.15) is 11.6 Å². The van der Waals surface area contributed by atoms with Gasteiger partial charge in [0.05, 0.1) is 28.9 Å². The fourth-order valence-corrected chi connectivity index (χ4v) is 10.0. The van der Waals surface area contributed by atoms with Gasteiger partial charge in [-0.05, 0) is 104 Å². The molecule has 8 rings (SSSR count). The van der Waals surface area contributed by atoms with Gasteiger partial charge in [-0.1, -0.05) is 66.8 Å². The summed E-state index contributed by atoms with van der Waals surface area (Å²) in [5.41, 5.74) is 5.31. The second-order valence-electron chi connectivity index (χ2n) is 14.7. The van der Waals surface area contributed by atoms with Crippen molar-refractivity contribution in [1.82, 2.24) is 9.91 Å². The highest BCUT2D eigenvalue weighted by Gasteiger charge is 2.70. The molecule has 10 heteroatoms. The lowest BCUT2D eigenvalue weighted by atomic mass is 9.49. The van der Waals surface area contributed by atoms with Crippen LogP contribution in [-0.4, -0.2) is 44.7 Å². The molecule has 50 heavy (non-hydrogen) atoms. The number of hydrogen-bond acceptors (Lipinski definition) is 6. The zero-order chi connectivity index (χ0) is 35.1. The van der Waals surface area contributed by atoms with E-state index in [-0.39, 0.29) is 30.0 Å². The maximum absolute atomic E-state index is 15.3. The molecule has 2 saturated heterocycles. The Morgan fingerprint density at radius 3 is 2.18 bits per heavy atom. The Bertz CT molecular complexity index is 1930. The smallest absolute Gasteiger partial charge is 0.260 e. The third-order valence-corrected chi connectivity index (χ3v) is 12.3. The first-order chi connectivity index (χ1) is 24.0. The molecule has 2 saturated carbocycles. The number of phenolic OH excluding ortho intramolecular Hbond substituents is 1. The van der Waals surface area contributed by atoms with Gasteiger partial charge in [-0.25, -0.2) is 4.39 Å². The van der Waals surface area contributed by atoms with Crippen LogP contribution in [0.15, 0.2) is 72.3 Å². The molecule has 5 aliphatic rings. The summed E-state index contributed by atoms with van der Waals surface area (Å²) in [5.74, 6) is -4.82. The van der Waals surface area contributed by atoms with Gasteiger partial charge >= 0.3 is 0 Å². The number of amides is 4. The van der Waals surface area contributed by atoms with Crippen molar-refractivity contribution in [1.29, 1.82) is 0 Å². The summed E-state index contributed by atoms with van der Waals surface area (Å²) in [6, 6.07) is 16.0. The SMILES string of the molecule is Cc1cc([C@H]2C3=CC[C@@H]4C(=O)N(C5CCCCC5)C(=O)[C@@H]4[C@@H]3C[C@H]3C(=O)N(Nc4ccc(F)cc4)C(=O)[C@@]23c2ccc(Cl)cc2)cc(C)c1O. The van der Waals surface area contributed by atoms with Crippen LogP contribution < -0.4 is 5.43 Å². The second kappa shape index (κ2) is 12.1. The highest BCUT2D eigenvalue weighted by atomic mass is 35.5. The Hall–Kier alpha value is -4.50. The van der Waals surface area contributed by atoms with Crippen LogP contribution in [0.2, 0.25) is 5.02 Å². The van der Waals surface area contributed by atoms with Crippen molar-refractivity contribution in [2.75, 3.05) is 5.43 Å². The summed E-state index contributed by atoms with van der Waals surface area (Å²) >= 11 is 6.38. The molecule has 0 aromatic heterocycles. The molecule has 6 atom stereocenters. The third-order valence-electron chi connectivity index (χ3n) is 12.1. The first-order valence-electron chi connectivity index (χ1n) is 17.6. The van der Waals surface area contributed by atoms with Gasteiger partial charge < -0.3 is 5.11 Å². The van der Waals surface area contributed by atoms with Crippen molar-refractivity contribution >= 4 is 40.9 Å². The molecule has 3 aliphatic carbocycles. The Balaban J connectivity index is 1.33. The maximum atomic E-state index is 15.3. The number of carbonyl (C=O) groups excluding carboxylic acids is 4. The van der Waals surface area contributed by atoms with E-state index in [0.29, 0.717) is 33.8 Å². The van der Waals surface area contributed by atoms with Crippen molar-refractivity contribution in [3.05, 3.63) is 105 Å². The van der Waals surface area contributed by atoms with Gasteiger partial charge in [-0.15, -0.1) is 0 Å². The predicted molar refractivity (Wildman–Crippen MR) is 185 cm³/mol. The van der Waals surface area contributed by atoms with E-state index in [9.17, 15) is 23.9 Å². The van der Waals surface area contributed by atoms with Crippen LogP contribution in [0, 0.1) is 43.3 Å².